The number of nitrogens with zero attached hydrogens (tertiary/aromatic N) is 3. The maximum Gasteiger partial charge on any atom is 0.164 e. The van der Waals surface area contributed by atoms with Crippen molar-refractivity contribution in [3.8, 4) is 11.4 Å². The van der Waals surface area contributed by atoms with Crippen LogP contribution in [0, 0.1) is 0 Å². The van der Waals surface area contributed by atoms with Gasteiger partial charge in [-0.05, 0) is 30.3 Å². The van der Waals surface area contributed by atoms with Crippen LogP contribution < -0.4 is 10.2 Å². The minimum absolute atomic E-state index is 0.633. The first-order valence-corrected chi connectivity index (χ1v) is 8.45. The smallest absolute Gasteiger partial charge is 0.164 e. The fourth-order valence-electron chi connectivity index (χ4n) is 2.67. The summed E-state index contributed by atoms with van der Waals surface area (Å²) in [5, 5.41) is 4.99. The Morgan fingerprint density at radius 2 is 1.92 bits per heavy atom. The number of rotatable bonds is 6. The summed E-state index contributed by atoms with van der Waals surface area (Å²) in [7, 11) is 5.62. The molecule has 1 aromatic heterocycles. The lowest BCUT2D eigenvalue weighted by Crippen LogP contribution is -2.13. The van der Waals surface area contributed by atoms with Crippen LogP contribution in [0.25, 0.3) is 22.3 Å². The number of para-hydroxylation sites is 1. The van der Waals surface area contributed by atoms with Gasteiger partial charge in [0.1, 0.15) is 5.82 Å². The number of ether oxygens (including phenoxy) is 1. The summed E-state index contributed by atoms with van der Waals surface area (Å²) >= 11 is 6.15. The molecule has 0 saturated carbocycles. The second-order valence-electron chi connectivity index (χ2n) is 5.89. The third-order valence-electron chi connectivity index (χ3n) is 3.85. The van der Waals surface area contributed by atoms with Crippen molar-refractivity contribution in [2.45, 2.75) is 0 Å². The minimum Gasteiger partial charge on any atom is -0.383 e. The molecular formula is C19H21ClN4O. The highest BCUT2D eigenvalue weighted by molar-refractivity contribution is 6.31. The van der Waals surface area contributed by atoms with E-state index in [0.717, 1.165) is 34.5 Å². The Hall–Kier alpha value is -2.37. The van der Waals surface area contributed by atoms with E-state index in [1.165, 1.54) is 0 Å². The fourth-order valence-corrected chi connectivity index (χ4v) is 2.84. The first kappa shape index (κ1) is 17.5. The minimum atomic E-state index is 0.633. The van der Waals surface area contributed by atoms with E-state index in [-0.39, 0.29) is 0 Å². The summed E-state index contributed by atoms with van der Waals surface area (Å²) in [5.74, 6) is 1.52. The van der Waals surface area contributed by atoms with E-state index < -0.39 is 0 Å². The predicted molar refractivity (Wildman–Crippen MR) is 105 cm³/mol. The summed E-state index contributed by atoms with van der Waals surface area (Å²) in [4.78, 5) is 11.5. The number of aromatic nitrogens is 2. The van der Waals surface area contributed by atoms with Crippen LogP contribution in [0.2, 0.25) is 5.02 Å². The third kappa shape index (κ3) is 3.83. The molecule has 0 amide bonds. The zero-order valence-corrected chi connectivity index (χ0v) is 15.3. The van der Waals surface area contributed by atoms with Crippen molar-refractivity contribution in [2.24, 2.45) is 0 Å². The average Bonchev–Trinajstić information content (AvgIpc) is 2.61. The molecule has 0 aliphatic heterocycles. The van der Waals surface area contributed by atoms with Crippen LogP contribution in [-0.4, -0.2) is 44.3 Å². The second-order valence-corrected chi connectivity index (χ2v) is 6.33. The monoisotopic (exact) mass is 356 g/mol. The van der Waals surface area contributed by atoms with Crippen LogP contribution in [0.3, 0.4) is 0 Å². The molecule has 0 bridgehead atoms. The number of hydrogen-bond donors (Lipinski definition) is 1. The Balaban J connectivity index is 2.12. The third-order valence-corrected chi connectivity index (χ3v) is 4.09. The quantitative estimate of drug-likeness (QED) is 0.674. The van der Waals surface area contributed by atoms with Crippen LogP contribution in [0.4, 0.5) is 11.5 Å². The number of methoxy groups -OCH3 is 1. The van der Waals surface area contributed by atoms with Gasteiger partial charge in [-0.15, -0.1) is 0 Å². The molecule has 0 radical (unpaired) electrons. The zero-order chi connectivity index (χ0) is 17.8. The Labute approximate surface area is 152 Å². The lowest BCUT2D eigenvalue weighted by atomic mass is 10.1. The molecular weight excluding hydrogens is 336 g/mol. The normalized spacial score (nSPS) is 10.9. The molecule has 0 fully saturated rings. The Kier molecular flexibility index (Phi) is 5.36. The molecule has 0 spiro atoms. The van der Waals surface area contributed by atoms with Crippen molar-refractivity contribution in [3.63, 3.8) is 0 Å². The Bertz CT molecular complexity index is 882. The lowest BCUT2D eigenvalue weighted by Gasteiger charge is -2.17. The van der Waals surface area contributed by atoms with E-state index in [0.29, 0.717) is 17.5 Å². The van der Waals surface area contributed by atoms with Crippen molar-refractivity contribution in [1.82, 2.24) is 9.97 Å². The van der Waals surface area contributed by atoms with Gasteiger partial charge in [-0.3, -0.25) is 0 Å². The molecule has 6 heteroatoms. The molecule has 0 saturated heterocycles. The van der Waals surface area contributed by atoms with E-state index in [1.54, 1.807) is 7.11 Å². The topological polar surface area (TPSA) is 50.3 Å². The first-order valence-electron chi connectivity index (χ1n) is 8.07. The molecule has 1 N–H and O–H groups in total. The van der Waals surface area contributed by atoms with E-state index in [9.17, 15) is 0 Å². The van der Waals surface area contributed by atoms with Gasteiger partial charge in [0, 0.05) is 49.4 Å². The van der Waals surface area contributed by atoms with Crippen LogP contribution in [-0.2, 0) is 4.74 Å². The first-order chi connectivity index (χ1) is 12.1. The number of halogens is 1. The van der Waals surface area contributed by atoms with Crippen molar-refractivity contribution in [1.29, 1.82) is 0 Å². The molecule has 3 aromatic rings. The number of nitrogens with one attached hydrogen (secondary N) is 1. The maximum absolute atomic E-state index is 6.15. The highest BCUT2D eigenvalue weighted by Gasteiger charge is 2.14. The van der Waals surface area contributed by atoms with Crippen LogP contribution in [0.1, 0.15) is 0 Å². The number of hydrogen-bond acceptors (Lipinski definition) is 5. The Morgan fingerprint density at radius 1 is 1.12 bits per heavy atom. The molecule has 0 aliphatic carbocycles. The van der Waals surface area contributed by atoms with Crippen LogP contribution in [0.5, 0.6) is 0 Å². The standard InChI is InChI=1S/C19H21ClN4O/c1-24(2)19-15-12-13(20)8-9-17(15)22-18(23-19)14-6-4-5-7-16(14)21-10-11-25-3/h4-9,12,21H,10-11H2,1-3H3. The molecule has 130 valence electrons. The van der Waals surface area contributed by atoms with Crippen LogP contribution >= 0.6 is 11.6 Å². The molecule has 0 unspecified atom stereocenters. The zero-order valence-electron chi connectivity index (χ0n) is 14.6. The van der Waals surface area contributed by atoms with Crippen LogP contribution in [0.15, 0.2) is 42.5 Å². The van der Waals surface area contributed by atoms with Gasteiger partial charge in [-0.25, -0.2) is 9.97 Å². The molecule has 1 heterocycles. The summed E-state index contributed by atoms with van der Waals surface area (Å²) in [6.45, 7) is 1.35. The molecule has 3 rings (SSSR count). The van der Waals surface area contributed by atoms with Gasteiger partial charge in [0.2, 0.25) is 0 Å². The lowest BCUT2D eigenvalue weighted by molar-refractivity contribution is 0.211. The number of anilines is 2. The molecule has 5 nitrogen and oxygen atoms in total. The van der Waals surface area contributed by atoms with E-state index in [2.05, 4.69) is 5.32 Å². The SMILES string of the molecule is COCCNc1ccccc1-c1nc(N(C)C)c2cc(Cl)ccc2n1. The van der Waals surface area contributed by atoms with E-state index >= 15 is 0 Å². The van der Waals surface area contributed by atoms with E-state index in [4.69, 9.17) is 26.3 Å². The van der Waals surface area contributed by atoms with Crippen molar-refractivity contribution >= 4 is 34.0 Å². The van der Waals surface area contributed by atoms with Crippen molar-refractivity contribution < 1.29 is 4.74 Å². The fraction of sp³-hybridized carbons (Fsp3) is 0.263. The number of fused-ring (bicyclic) bond motifs is 1. The highest BCUT2D eigenvalue weighted by atomic mass is 35.5. The molecule has 25 heavy (non-hydrogen) atoms. The van der Waals surface area contributed by atoms with Gasteiger partial charge in [0.05, 0.1) is 12.1 Å². The maximum atomic E-state index is 6.15. The van der Waals surface area contributed by atoms with E-state index in [1.807, 2.05) is 61.5 Å². The van der Waals surface area contributed by atoms with Gasteiger partial charge in [0.25, 0.3) is 0 Å². The van der Waals surface area contributed by atoms with Gasteiger partial charge in [-0.1, -0.05) is 23.7 Å². The predicted octanol–water partition coefficient (Wildman–Crippen LogP) is 4.07. The van der Waals surface area contributed by atoms with Gasteiger partial charge in [-0.2, -0.15) is 0 Å². The summed E-state index contributed by atoms with van der Waals surface area (Å²) < 4.78 is 5.12. The van der Waals surface area contributed by atoms with Crippen molar-refractivity contribution in [3.05, 3.63) is 47.5 Å². The Morgan fingerprint density at radius 3 is 2.68 bits per heavy atom. The molecule has 0 atom stereocenters. The summed E-state index contributed by atoms with van der Waals surface area (Å²) in [5.41, 5.74) is 2.81. The largest absolute Gasteiger partial charge is 0.383 e. The van der Waals surface area contributed by atoms with Crippen molar-refractivity contribution in [2.75, 3.05) is 44.6 Å². The van der Waals surface area contributed by atoms with Gasteiger partial charge >= 0.3 is 0 Å². The molecule has 2 aromatic carbocycles. The van der Waals surface area contributed by atoms with Gasteiger partial charge < -0.3 is 15.0 Å². The molecule has 0 aliphatic rings. The average molecular weight is 357 g/mol. The highest BCUT2D eigenvalue weighted by Crippen LogP contribution is 2.31. The second kappa shape index (κ2) is 7.68. The number of benzene rings is 2. The summed E-state index contributed by atoms with van der Waals surface area (Å²) in [6, 6.07) is 13.7. The van der Waals surface area contributed by atoms with Gasteiger partial charge in [0.15, 0.2) is 5.82 Å². The summed E-state index contributed by atoms with van der Waals surface area (Å²) in [6.07, 6.45) is 0.